The Morgan fingerprint density at radius 1 is 1.02 bits per heavy atom. The molecule has 4 fully saturated rings. The van der Waals surface area contributed by atoms with Gasteiger partial charge in [-0.25, -0.2) is 13.4 Å². The average Bonchev–Trinajstić information content (AvgIpc) is 3.92. The number of para-hydroxylation sites is 1. The number of hydrogen-bond donors (Lipinski definition) is 1. The van der Waals surface area contributed by atoms with Crippen LogP contribution in [0.2, 0.25) is 0 Å². The highest BCUT2D eigenvalue weighted by molar-refractivity contribution is 7.93. The number of benzene rings is 1. The maximum atomic E-state index is 14.8. The van der Waals surface area contributed by atoms with Crippen LogP contribution < -0.4 is 10.1 Å². The summed E-state index contributed by atoms with van der Waals surface area (Å²) < 4.78 is 32.8. The number of carbonyl (C=O) groups excluding carboxylic acids is 3. The van der Waals surface area contributed by atoms with Gasteiger partial charge in [0, 0.05) is 29.2 Å². The minimum absolute atomic E-state index is 0.0561. The van der Waals surface area contributed by atoms with Crippen molar-refractivity contribution < 1.29 is 27.5 Å². The molecule has 0 bridgehead atoms. The number of carbonyl (C=O) groups is 3. The summed E-state index contributed by atoms with van der Waals surface area (Å²) in [6.07, 6.45) is 18.0. The van der Waals surface area contributed by atoms with Gasteiger partial charge < -0.3 is 15.0 Å². The van der Waals surface area contributed by atoms with E-state index in [0.717, 1.165) is 73.0 Å². The number of ether oxygens (including phenoxy) is 1. The van der Waals surface area contributed by atoms with Gasteiger partial charge in [-0.2, -0.15) is 0 Å². The van der Waals surface area contributed by atoms with Gasteiger partial charge in [0.15, 0.2) is 21.4 Å². The summed E-state index contributed by atoms with van der Waals surface area (Å²) in [7, 11) is -3.63. The first-order valence-corrected chi connectivity index (χ1v) is 22.1. The Kier molecular flexibility index (Phi) is 9.87. The molecule has 4 heterocycles. The molecule has 3 saturated carbocycles. The van der Waals surface area contributed by atoms with Crippen molar-refractivity contribution >= 4 is 38.2 Å². The number of Topliss-reactive ketones (excluding diaryl/α,β-unsaturated/α-hetero) is 2. The van der Waals surface area contributed by atoms with E-state index in [-0.39, 0.29) is 29.8 Å². The molecule has 3 aliphatic carbocycles. The molecule has 8 rings (SSSR count). The van der Waals surface area contributed by atoms with Gasteiger partial charge in [-0.1, -0.05) is 68.9 Å². The summed E-state index contributed by atoms with van der Waals surface area (Å²) in [5.41, 5.74) is 1.04. The van der Waals surface area contributed by atoms with E-state index in [0.29, 0.717) is 51.0 Å². The van der Waals surface area contributed by atoms with Crippen molar-refractivity contribution in [3.05, 3.63) is 47.7 Å². The van der Waals surface area contributed by atoms with E-state index in [1.807, 2.05) is 25.1 Å². The Balaban J connectivity index is 1.10. The molecule has 1 saturated heterocycles. The molecule has 5 atom stereocenters. The number of amides is 1. The Hall–Kier alpha value is -3.11. The summed E-state index contributed by atoms with van der Waals surface area (Å²) in [6, 6.07) is 6.94. The van der Waals surface area contributed by atoms with E-state index in [1.165, 1.54) is 25.7 Å². The molecule has 53 heavy (non-hydrogen) atoms. The molecule has 0 radical (unpaired) electrons. The van der Waals surface area contributed by atoms with Crippen molar-refractivity contribution in [2.24, 2.45) is 17.3 Å². The van der Waals surface area contributed by atoms with Crippen LogP contribution in [0.25, 0.3) is 10.9 Å². The lowest BCUT2D eigenvalue weighted by Gasteiger charge is -2.36. The number of nitrogens with zero attached hydrogens (tertiary/aromatic N) is 2. The van der Waals surface area contributed by atoms with Gasteiger partial charge in [0.25, 0.3) is 0 Å². The highest BCUT2D eigenvalue weighted by atomic mass is 32.2. The molecule has 1 N–H and O–H groups in total. The fraction of sp³-hybridized carbons (Fsp3) is 0.674. The summed E-state index contributed by atoms with van der Waals surface area (Å²) in [5, 5.41) is 4.72. The van der Waals surface area contributed by atoms with E-state index >= 15 is 0 Å². The van der Waals surface area contributed by atoms with Crippen LogP contribution in [0.5, 0.6) is 5.75 Å². The minimum atomic E-state index is -3.63. The van der Waals surface area contributed by atoms with E-state index in [4.69, 9.17) is 9.72 Å². The number of hydrogen-bond acceptors (Lipinski definition) is 8. The van der Waals surface area contributed by atoms with Crippen LogP contribution in [0.1, 0.15) is 121 Å². The van der Waals surface area contributed by atoms with Crippen molar-refractivity contribution in [3.8, 4) is 5.75 Å². The molecule has 2 aromatic rings. The molecule has 0 unspecified atom stereocenters. The first-order valence-electron chi connectivity index (χ1n) is 20.5. The molecule has 9 nitrogen and oxygen atoms in total. The summed E-state index contributed by atoms with van der Waals surface area (Å²) >= 11 is 0. The van der Waals surface area contributed by atoms with Gasteiger partial charge in [-0.3, -0.25) is 14.4 Å². The fourth-order valence-electron chi connectivity index (χ4n) is 10.1. The number of fused-ring (bicyclic) bond motifs is 5. The SMILES string of the molecule is Cc1nc2ccccc2c2c1O[C@]1(CC2)C[C@H]2C(=O)C[C@]3(C(=O)CS(=O)(=O)C4(C)CC4)C[C@H]3/C=C\CCCCC[C@H](NCCC3CCCC3)C(=O)N2C1. The second-order valence-corrected chi connectivity index (χ2v) is 20.3. The number of rotatable bonds is 8. The fourth-order valence-corrected chi connectivity index (χ4v) is 11.8. The summed E-state index contributed by atoms with van der Waals surface area (Å²) in [6.45, 7) is 4.76. The summed E-state index contributed by atoms with van der Waals surface area (Å²) in [5.74, 6) is 0.206. The van der Waals surface area contributed by atoms with Crippen molar-refractivity contribution in [1.29, 1.82) is 0 Å². The van der Waals surface area contributed by atoms with Gasteiger partial charge in [0.1, 0.15) is 17.1 Å². The van der Waals surface area contributed by atoms with Crippen molar-refractivity contribution in [1.82, 2.24) is 15.2 Å². The predicted octanol–water partition coefficient (Wildman–Crippen LogP) is 6.77. The Labute approximate surface area is 315 Å². The van der Waals surface area contributed by atoms with E-state index in [2.05, 4.69) is 23.5 Å². The smallest absolute Gasteiger partial charge is 0.240 e. The second kappa shape index (κ2) is 14.2. The lowest BCUT2D eigenvalue weighted by molar-refractivity contribution is -0.140. The number of allylic oxidation sites excluding steroid dienone is 2. The van der Waals surface area contributed by atoms with Crippen LogP contribution in [0.3, 0.4) is 0 Å². The highest BCUT2D eigenvalue weighted by Gasteiger charge is 2.63. The Morgan fingerprint density at radius 3 is 2.58 bits per heavy atom. The van der Waals surface area contributed by atoms with Gasteiger partial charge in [-0.05, 0) is 96.1 Å². The molecular formula is C43H57N3O6S. The number of nitrogens with one attached hydrogen (secondary N) is 1. The third kappa shape index (κ3) is 7.12. The van der Waals surface area contributed by atoms with Gasteiger partial charge >= 0.3 is 0 Å². The van der Waals surface area contributed by atoms with Crippen LogP contribution in [-0.2, 0) is 30.6 Å². The molecule has 1 spiro atoms. The summed E-state index contributed by atoms with van der Waals surface area (Å²) in [4.78, 5) is 50.4. The quantitative estimate of drug-likeness (QED) is 0.294. The third-order valence-corrected chi connectivity index (χ3v) is 16.5. The second-order valence-electron chi connectivity index (χ2n) is 17.7. The number of ketones is 2. The Bertz CT molecular complexity index is 1920. The zero-order valence-corrected chi connectivity index (χ0v) is 32.5. The number of pyridine rings is 1. The standard InChI is InChI=1S/C43H57N3O6S/c1-29-39-33(32-15-10-11-16-34(32)45-29)18-20-42(52-39)25-36-37(47)26-43(38(48)27-53(50,51)41(2)21-22-41)24-31(43)14-6-4-3-5-7-17-35(40(49)46(36)28-42)44-23-19-30-12-8-9-13-30/h6,10-11,14-16,30-31,35-36,44H,3-5,7-9,12-13,17-28H2,1-2H3/b14-6-/t31-,35+,36+,42-,43-/m1/s1. The molecule has 10 heteroatoms. The van der Waals surface area contributed by atoms with E-state index in [9.17, 15) is 22.8 Å². The van der Waals surface area contributed by atoms with Crippen LogP contribution in [-0.4, -0.2) is 77.0 Å². The maximum Gasteiger partial charge on any atom is 0.240 e. The first kappa shape index (κ1) is 36.8. The van der Waals surface area contributed by atoms with Crippen molar-refractivity contribution in [2.75, 3.05) is 18.8 Å². The lowest BCUT2D eigenvalue weighted by atomic mass is 9.84. The lowest BCUT2D eigenvalue weighted by Crippen LogP contribution is -2.52. The van der Waals surface area contributed by atoms with E-state index in [1.54, 1.807) is 11.8 Å². The largest absolute Gasteiger partial charge is 0.483 e. The third-order valence-electron chi connectivity index (χ3n) is 14.0. The molecule has 1 aromatic carbocycles. The van der Waals surface area contributed by atoms with Gasteiger partial charge in [0.05, 0.1) is 34.6 Å². The number of aryl methyl sites for hydroxylation is 2. The first-order chi connectivity index (χ1) is 25.4. The van der Waals surface area contributed by atoms with Crippen molar-refractivity contribution in [2.45, 2.75) is 145 Å². The number of sulfone groups is 1. The molecular weight excluding hydrogens is 687 g/mol. The molecule has 1 amide bonds. The van der Waals surface area contributed by atoms with Gasteiger partial charge in [-0.15, -0.1) is 0 Å². The van der Waals surface area contributed by atoms with Crippen LogP contribution in [0, 0.1) is 24.2 Å². The van der Waals surface area contributed by atoms with Gasteiger partial charge in [0.2, 0.25) is 5.91 Å². The minimum Gasteiger partial charge on any atom is -0.483 e. The zero-order valence-electron chi connectivity index (χ0n) is 31.7. The predicted molar refractivity (Wildman–Crippen MR) is 205 cm³/mol. The molecule has 286 valence electrons. The van der Waals surface area contributed by atoms with Crippen LogP contribution in [0.4, 0.5) is 0 Å². The number of aromatic nitrogens is 1. The van der Waals surface area contributed by atoms with Crippen LogP contribution >= 0.6 is 0 Å². The topological polar surface area (TPSA) is 123 Å². The zero-order chi connectivity index (χ0) is 37.0. The molecule has 3 aliphatic heterocycles. The maximum absolute atomic E-state index is 14.8. The normalized spacial score (nSPS) is 32.3. The molecule has 1 aromatic heterocycles. The Morgan fingerprint density at radius 2 is 1.79 bits per heavy atom. The monoisotopic (exact) mass is 743 g/mol. The van der Waals surface area contributed by atoms with Crippen LogP contribution in [0.15, 0.2) is 36.4 Å². The highest BCUT2D eigenvalue weighted by Crippen LogP contribution is 2.59. The molecule has 6 aliphatic rings. The van der Waals surface area contributed by atoms with Crippen molar-refractivity contribution in [3.63, 3.8) is 0 Å². The average molecular weight is 744 g/mol. The van der Waals surface area contributed by atoms with E-state index < -0.39 is 43.4 Å².